The number of likely N-dealkylation sites (tertiary alicyclic amines) is 1. The molecule has 0 saturated carbocycles. The molecule has 0 amide bonds. The fourth-order valence-electron chi connectivity index (χ4n) is 5.71. The van der Waals surface area contributed by atoms with Crippen molar-refractivity contribution in [2.75, 3.05) is 32.5 Å². The summed E-state index contributed by atoms with van der Waals surface area (Å²) in [7, 11) is 2.17. The average molecular weight is 598 g/mol. The van der Waals surface area contributed by atoms with E-state index in [1.54, 1.807) is 0 Å². The number of piperidine rings is 1. The molecule has 1 saturated heterocycles. The Morgan fingerprint density at radius 2 is 1.32 bits per heavy atom. The highest BCUT2D eigenvalue weighted by molar-refractivity contribution is 7.99. The van der Waals surface area contributed by atoms with Gasteiger partial charge in [-0.3, -0.25) is 9.59 Å². The summed E-state index contributed by atoms with van der Waals surface area (Å²) in [6, 6.07) is 0. The molecule has 242 valence electrons. The lowest BCUT2D eigenvalue weighted by Crippen LogP contribution is -2.44. The smallest absolute Gasteiger partial charge is 0.310 e. The fraction of sp³-hybridized carbons (Fsp3) is 0.943. The molecule has 0 N–H and O–H groups in total. The van der Waals surface area contributed by atoms with E-state index in [4.69, 9.17) is 9.47 Å². The average Bonchev–Trinajstić information content (AvgIpc) is 2.96. The van der Waals surface area contributed by atoms with Gasteiger partial charge >= 0.3 is 11.9 Å². The van der Waals surface area contributed by atoms with Gasteiger partial charge in [0.1, 0.15) is 6.10 Å². The Morgan fingerprint density at radius 1 is 0.756 bits per heavy atom. The van der Waals surface area contributed by atoms with Crippen LogP contribution in [0, 0.1) is 5.92 Å². The van der Waals surface area contributed by atoms with Crippen LogP contribution in [-0.4, -0.2) is 60.7 Å². The fourth-order valence-corrected chi connectivity index (χ4v) is 7.22. The SMILES string of the molecule is CCCCCCCCCSC1CN(C)CCC1C(=O)OCCCCCCCCCC(=O)OC(CCCC)CCCC. The first-order valence-electron chi connectivity index (χ1n) is 17.7. The maximum atomic E-state index is 12.9. The van der Waals surface area contributed by atoms with E-state index >= 15 is 0 Å². The van der Waals surface area contributed by atoms with Crippen molar-refractivity contribution >= 4 is 23.7 Å². The molecule has 0 aromatic rings. The Hall–Kier alpha value is -0.750. The molecule has 0 aromatic heterocycles. The van der Waals surface area contributed by atoms with Gasteiger partial charge in [0.15, 0.2) is 0 Å². The van der Waals surface area contributed by atoms with Crippen LogP contribution in [0.2, 0.25) is 0 Å². The van der Waals surface area contributed by atoms with Gasteiger partial charge in [-0.15, -0.1) is 0 Å². The van der Waals surface area contributed by atoms with Crippen LogP contribution in [0.25, 0.3) is 0 Å². The predicted octanol–water partition coefficient (Wildman–Crippen LogP) is 9.75. The van der Waals surface area contributed by atoms with Gasteiger partial charge in [-0.2, -0.15) is 11.8 Å². The summed E-state index contributed by atoms with van der Waals surface area (Å²) in [6.45, 7) is 9.19. The topological polar surface area (TPSA) is 55.8 Å². The molecule has 1 rings (SSSR count). The lowest BCUT2D eigenvalue weighted by atomic mass is 9.97. The second-order valence-corrected chi connectivity index (χ2v) is 13.8. The van der Waals surface area contributed by atoms with Crippen LogP contribution >= 0.6 is 11.8 Å². The zero-order chi connectivity index (χ0) is 30.0. The summed E-state index contributed by atoms with van der Waals surface area (Å²) < 4.78 is 11.5. The largest absolute Gasteiger partial charge is 0.465 e. The summed E-state index contributed by atoms with van der Waals surface area (Å²) in [6.07, 6.45) is 25.2. The molecule has 1 aliphatic rings. The highest BCUT2D eigenvalue weighted by atomic mass is 32.2. The zero-order valence-electron chi connectivity index (χ0n) is 27.6. The van der Waals surface area contributed by atoms with E-state index < -0.39 is 0 Å². The van der Waals surface area contributed by atoms with E-state index in [1.165, 1.54) is 57.8 Å². The monoisotopic (exact) mass is 597 g/mol. The van der Waals surface area contributed by atoms with Crippen LogP contribution in [0.5, 0.6) is 0 Å². The number of hydrogen-bond donors (Lipinski definition) is 0. The first-order chi connectivity index (χ1) is 20.0. The van der Waals surface area contributed by atoms with Gasteiger partial charge < -0.3 is 14.4 Å². The van der Waals surface area contributed by atoms with Crippen LogP contribution in [0.1, 0.15) is 162 Å². The Balaban J connectivity index is 2.09. The third-order valence-electron chi connectivity index (χ3n) is 8.47. The Bertz CT molecular complexity index is 623. The van der Waals surface area contributed by atoms with E-state index in [1.807, 2.05) is 11.8 Å². The summed E-state index contributed by atoms with van der Waals surface area (Å²) in [5, 5.41) is 0.372. The van der Waals surface area contributed by atoms with Gasteiger partial charge in [0.05, 0.1) is 12.5 Å². The number of carbonyl (C=O) groups excluding carboxylic acids is 2. The maximum Gasteiger partial charge on any atom is 0.310 e. The van der Waals surface area contributed by atoms with Crippen LogP contribution < -0.4 is 0 Å². The van der Waals surface area contributed by atoms with E-state index in [0.717, 1.165) is 95.9 Å². The minimum absolute atomic E-state index is 0.00734. The van der Waals surface area contributed by atoms with Crippen molar-refractivity contribution in [2.24, 2.45) is 5.92 Å². The first-order valence-corrected chi connectivity index (χ1v) is 18.7. The number of hydrogen-bond acceptors (Lipinski definition) is 6. The second kappa shape index (κ2) is 26.8. The normalized spacial score (nSPS) is 17.7. The minimum Gasteiger partial charge on any atom is -0.465 e. The van der Waals surface area contributed by atoms with Gasteiger partial charge in [-0.25, -0.2) is 0 Å². The highest BCUT2D eigenvalue weighted by Crippen LogP contribution is 2.30. The first kappa shape index (κ1) is 38.3. The van der Waals surface area contributed by atoms with E-state index in [2.05, 4.69) is 32.7 Å². The number of unbranched alkanes of at least 4 members (excludes halogenated alkanes) is 14. The molecule has 6 heteroatoms. The molecule has 0 aromatic carbocycles. The van der Waals surface area contributed by atoms with Crippen LogP contribution in [0.4, 0.5) is 0 Å². The molecule has 0 spiro atoms. The maximum absolute atomic E-state index is 12.9. The number of rotatable bonds is 27. The molecule has 1 aliphatic heterocycles. The summed E-state index contributed by atoms with van der Waals surface area (Å²) in [5.41, 5.74) is 0. The van der Waals surface area contributed by atoms with Crippen molar-refractivity contribution < 1.29 is 19.1 Å². The van der Waals surface area contributed by atoms with Gasteiger partial charge in [0, 0.05) is 18.2 Å². The lowest BCUT2D eigenvalue weighted by Gasteiger charge is -2.35. The quantitative estimate of drug-likeness (QED) is 0.0694. The standard InChI is InChI=1S/C35H67NO4S/c1-5-8-11-12-16-19-22-29-41-33-30-36(4)27-26-32(33)35(38)39-28-21-18-15-13-14-17-20-25-34(37)40-31(23-9-6-2)24-10-7-3/h31-33H,5-30H2,1-4H3. The highest BCUT2D eigenvalue weighted by Gasteiger charge is 2.34. The molecule has 0 bridgehead atoms. The van der Waals surface area contributed by atoms with Gasteiger partial charge in [-0.05, 0) is 57.9 Å². The number of nitrogens with zero attached hydrogens (tertiary/aromatic N) is 1. The van der Waals surface area contributed by atoms with E-state index in [0.29, 0.717) is 18.3 Å². The van der Waals surface area contributed by atoms with Crippen LogP contribution in [0.3, 0.4) is 0 Å². The third kappa shape index (κ3) is 20.7. The number of carbonyl (C=O) groups is 2. The van der Waals surface area contributed by atoms with Crippen molar-refractivity contribution in [1.29, 1.82) is 0 Å². The molecular weight excluding hydrogens is 530 g/mol. The molecule has 0 aliphatic carbocycles. The molecule has 0 radical (unpaired) electrons. The van der Waals surface area contributed by atoms with Crippen molar-refractivity contribution in [2.45, 2.75) is 173 Å². The van der Waals surface area contributed by atoms with E-state index in [9.17, 15) is 9.59 Å². The Kier molecular flexibility index (Phi) is 25.1. The Labute approximate surface area is 259 Å². The predicted molar refractivity (Wildman–Crippen MR) is 177 cm³/mol. The van der Waals surface area contributed by atoms with E-state index in [-0.39, 0.29) is 24.0 Å². The Morgan fingerprint density at radius 3 is 1.95 bits per heavy atom. The van der Waals surface area contributed by atoms with Crippen LogP contribution in [0.15, 0.2) is 0 Å². The van der Waals surface area contributed by atoms with Crippen LogP contribution in [-0.2, 0) is 19.1 Å². The summed E-state index contributed by atoms with van der Waals surface area (Å²) in [4.78, 5) is 27.5. The number of esters is 2. The van der Waals surface area contributed by atoms with Crippen molar-refractivity contribution in [3.8, 4) is 0 Å². The molecule has 41 heavy (non-hydrogen) atoms. The molecule has 1 fully saturated rings. The van der Waals surface area contributed by atoms with Crippen molar-refractivity contribution in [3.05, 3.63) is 0 Å². The van der Waals surface area contributed by atoms with Gasteiger partial charge in [-0.1, -0.05) is 117 Å². The zero-order valence-corrected chi connectivity index (χ0v) is 28.4. The second-order valence-electron chi connectivity index (χ2n) is 12.5. The van der Waals surface area contributed by atoms with Crippen molar-refractivity contribution in [3.63, 3.8) is 0 Å². The molecule has 5 nitrogen and oxygen atoms in total. The minimum atomic E-state index is -0.00734. The third-order valence-corrected chi connectivity index (χ3v) is 9.90. The lowest BCUT2D eigenvalue weighted by molar-refractivity contribution is -0.150. The molecule has 1 heterocycles. The molecular formula is C35H67NO4S. The van der Waals surface area contributed by atoms with Gasteiger partial charge in [0.25, 0.3) is 0 Å². The number of thioether (sulfide) groups is 1. The molecule has 2 atom stereocenters. The molecule has 2 unspecified atom stereocenters. The summed E-state index contributed by atoms with van der Waals surface area (Å²) in [5.74, 6) is 1.25. The number of ether oxygens (including phenoxy) is 2. The van der Waals surface area contributed by atoms with Crippen molar-refractivity contribution in [1.82, 2.24) is 4.90 Å². The van der Waals surface area contributed by atoms with Gasteiger partial charge in [0.2, 0.25) is 0 Å². The summed E-state index contributed by atoms with van der Waals surface area (Å²) >= 11 is 2.00.